The fraction of sp³-hybridized carbons (Fsp3) is 1.00. The highest BCUT2D eigenvalue weighted by Crippen LogP contribution is 2.26. The second-order valence-corrected chi connectivity index (χ2v) is 2.73. The van der Waals surface area contributed by atoms with E-state index in [4.69, 9.17) is 4.74 Å². The summed E-state index contributed by atoms with van der Waals surface area (Å²) in [5, 5.41) is 3.36. The molecule has 2 nitrogen and oxygen atoms in total. The average Bonchev–Trinajstić information content (AvgIpc) is 1.62. The molecule has 0 saturated carbocycles. The lowest BCUT2D eigenvalue weighted by atomic mass is 9.94. The number of piperidine rings is 1. The Labute approximate surface area is 49.2 Å². The lowest BCUT2D eigenvalue weighted by molar-refractivity contribution is -0.162. The molecule has 3 fully saturated rings. The van der Waals surface area contributed by atoms with Crippen LogP contribution in [0.5, 0.6) is 0 Å². The zero-order valence-electron chi connectivity index (χ0n) is 5.05. The number of fused-ring (bicyclic) bond motifs is 2. The van der Waals surface area contributed by atoms with Crippen LogP contribution in [0.25, 0.3) is 0 Å². The van der Waals surface area contributed by atoms with Crippen molar-refractivity contribution in [2.75, 3.05) is 6.54 Å². The van der Waals surface area contributed by atoms with Crippen molar-refractivity contribution in [2.24, 2.45) is 0 Å². The van der Waals surface area contributed by atoms with E-state index in [1.54, 1.807) is 0 Å². The van der Waals surface area contributed by atoms with Gasteiger partial charge in [-0.05, 0) is 6.92 Å². The van der Waals surface area contributed by atoms with Crippen LogP contribution in [0, 0.1) is 0 Å². The highest BCUT2D eigenvalue weighted by molar-refractivity contribution is 4.92. The normalized spacial score (nSPS) is 52.9. The Balaban J connectivity index is 2.01. The van der Waals surface area contributed by atoms with E-state index in [2.05, 4.69) is 12.2 Å². The molecule has 3 atom stereocenters. The number of ether oxygens (including phenoxy) is 1. The van der Waals surface area contributed by atoms with E-state index in [9.17, 15) is 0 Å². The second kappa shape index (κ2) is 1.45. The van der Waals surface area contributed by atoms with E-state index in [1.165, 1.54) is 6.42 Å². The zero-order valence-corrected chi connectivity index (χ0v) is 5.05. The van der Waals surface area contributed by atoms with Crippen LogP contribution in [0.1, 0.15) is 13.3 Å². The van der Waals surface area contributed by atoms with E-state index < -0.39 is 0 Å². The molecule has 3 aliphatic heterocycles. The predicted molar refractivity (Wildman–Crippen MR) is 30.7 cm³/mol. The maximum absolute atomic E-state index is 5.42. The average molecular weight is 113 g/mol. The molecule has 3 rings (SSSR count). The molecule has 3 saturated heterocycles. The van der Waals surface area contributed by atoms with Gasteiger partial charge in [0.2, 0.25) is 0 Å². The Morgan fingerprint density at radius 2 is 2.38 bits per heavy atom. The summed E-state index contributed by atoms with van der Waals surface area (Å²) in [4.78, 5) is 0. The molecule has 3 heterocycles. The van der Waals surface area contributed by atoms with Crippen molar-refractivity contribution in [1.82, 2.24) is 5.32 Å². The number of hydrogen-bond donors (Lipinski definition) is 1. The van der Waals surface area contributed by atoms with E-state index in [1.807, 2.05) is 0 Å². The van der Waals surface area contributed by atoms with Crippen LogP contribution in [0.2, 0.25) is 0 Å². The summed E-state index contributed by atoms with van der Waals surface area (Å²) in [5.74, 6) is 0. The van der Waals surface area contributed by atoms with Gasteiger partial charge < -0.3 is 10.1 Å². The first-order valence-electron chi connectivity index (χ1n) is 3.25. The topological polar surface area (TPSA) is 21.3 Å². The first-order chi connectivity index (χ1) is 3.86. The zero-order chi connectivity index (χ0) is 5.56. The van der Waals surface area contributed by atoms with Crippen molar-refractivity contribution in [3.8, 4) is 0 Å². The van der Waals surface area contributed by atoms with E-state index in [0.717, 1.165) is 6.54 Å². The molecule has 0 aromatic carbocycles. The Kier molecular flexibility index (Phi) is 0.866. The van der Waals surface area contributed by atoms with E-state index in [0.29, 0.717) is 18.2 Å². The number of rotatable bonds is 0. The van der Waals surface area contributed by atoms with E-state index >= 15 is 0 Å². The summed E-state index contributed by atoms with van der Waals surface area (Å²) in [6, 6.07) is 0.597. The molecule has 3 unspecified atom stereocenters. The van der Waals surface area contributed by atoms with Crippen molar-refractivity contribution in [3.05, 3.63) is 0 Å². The van der Waals surface area contributed by atoms with Crippen LogP contribution >= 0.6 is 0 Å². The monoisotopic (exact) mass is 113 g/mol. The SMILES string of the molecule is CC1NCC2CC1O2. The lowest BCUT2D eigenvalue weighted by Crippen LogP contribution is -2.60. The van der Waals surface area contributed by atoms with E-state index in [-0.39, 0.29) is 0 Å². The van der Waals surface area contributed by atoms with Crippen molar-refractivity contribution in [2.45, 2.75) is 31.6 Å². The number of morpholine rings is 1. The summed E-state index contributed by atoms with van der Waals surface area (Å²) in [6.07, 6.45) is 2.37. The van der Waals surface area contributed by atoms with Crippen LogP contribution < -0.4 is 5.32 Å². The Morgan fingerprint density at radius 1 is 1.62 bits per heavy atom. The van der Waals surface area contributed by atoms with Crippen LogP contribution in [-0.2, 0) is 4.74 Å². The van der Waals surface area contributed by atoms with Crippen molar-refractivity contribution in [1.29, 1.82) is 0 Å². The number of nitrogens with one attached hydrogen (secondary N) is 1. The summed E-state index contributed by atoms with van der Waals surface area (Å²) in [7, 11) is 0. The minimum Gasteiger partial charge on any atom is -0.372 e. The molecule has 0 spiro atoms. The van der Waals surface area contributed by atoms with Gasteiger partial charge in [-0.15, -0.1) is 0 Å². The fourth-order valence-electron chi connectivity index (χ4n) is 1.40. The largest absolute Gasteiger partial charge is 0.372 e. The highest BCUT2D eigenvalue weighted by Gasteiger charge is 2.38. The second-order valence-electron chi connectivity index (χ2n) is 2.73. The maximum atomic E-state index is 5.42. The standard InChI is InChI=1S/C6H11NO/c1-4-6-2-5(8-6)3-7-4/h4-7H,2-3H2,1H3. The number of hydrogen-bond acceptors (Lipinski definition) is 2. The van der Waals surface area contributed by atoms with Gasteiger partial charge in [-0.3, -0.25) is 0 Å². The molecule has 3 aliphatic rings. The quantitative estimate of drug-likeness (QED) is 0.482. The van der Waals surface area contributed by atoms with Gasteiger partial charge >= 0.3 is 0 Å². The molecule has 2 heteroatoms. The molecule has 0 radical (unpaired) electrons. The van der Waals surface area contributed by atoms with Crippen molar-refractivity contribution < 1.29 is 4.74 Å². The van der Waals surface area contributed by atoms with Gasteiger partial charge in [-0.1, -0.05) is 0 Å². The van der Waals surface area contributed by atoms with Crippen LogP contribution in [0.4, 0.5) is 0 Å². The van der Waals surface area contributed by atoms with Crippen LogP contribution in [-0.4, -0.2) is 24.8 Å². The molecule has 0 aliphatic carbocycles. The maximum Gasteiger partial charge on any atom is 0.0754 e. The third-order valence-corrected chi connectivity index (χ3v) is 2.09. The van der Waals surface area contributed by atoms with Crippen molar-refractivity contribution >= 4 is 0 Å². The predicted octanol–water partition coefficient (Wildman–Crippen LogP) is 0.136. The van der Waals surface area contributed by atoms with Gasteiger partial charge in [0.25, 0.3) is 0 Å². The molecule has 0 aromatic heterocycles. The first kappa shape index (κ1) is 4.77. The van der Waals surface area contributed by atoms with Gasteiger partial charge in [-0.25, -0.2) is 0 Å². The Morgan fingerprint density at radius 3 is 2.62 bits per heavy atom. The van der Waals surface area contributed by atoms with Gasteiger partial charge in [0.1, 0.15) is 0 Å². The minimum absolute atomic E-state index is 0.536. The van der Waals surface area contributed by atoms with Crippen LogP contribution in [0.3, 0.4) is 0 Å². The van der Waals surface area contributed by atoms with Crippen LogP contribution in [0.15, 0.2) is 0 Å². The summed E-state index contributed by atoms with van der Waals surface area (Å²) in [6.45, 7) is 3.25. The molecule has 0 aromatic rings. The van der Waals surface area contributed by atoms with Crippen molar-refractivity contribution in [3.63, 3.8) is 0 Å². The summed E-state index contributed by atoms with van der Waals surface area (Å²) in [5.41, 5.74) is 0. The lowest BCUT2D eigenvalue weighted by Gasteiger charge is -2.45. The third-order valence-electron chi connectivity index (χ3n) is 2.09. The first-order valence-corrected chi connectivity index (χ1v) is 3.25. The molecule has 2 bridgehead atoms. The van der Waals surface area contributed by atoms with Gasteiger partial charge in [-0.2, -0.15) is 0 Å². The molecule has 1 N–H and O–H groups in total. The molecule has 0 amide bonds. The highest BCUT2D eigenvalue weighted by atomic mass is 16.5. The van der Waals surface area contributed by atoms with Gasteiger partial charge in [0.15, 0.2) is 0 Å². The molecular weight excluding hydrogens is 102 g/mol. The Hall–Kier alpha value is -0.0800. The molecule has 46 valence electrons. The molecular formula is C6H11NO. The summed E-state index contributed by atoms with van der Waals surface area (Å²) < 4.78 is 5.42. The summed E-state index contributed by atoms with van der Waals surface area (Å²) >= 11 is 0. The third kappa shape index (κ3) is 0.501. The minimum atomic E-state index is 0.536. The molecule has 8 heavy (non-hydrogen) atoms. The Bertz CT molecular complexity index is 93.2. The van der Waals surface area contributed by atoms with Gasteiger partial charge in [0.05, 0.1) is 12.2 Å². The fourth-order valence-corrected chi connectivity index (χ4v) is 1.40. The van der Waals surface area contributed by atoms with Gasteiger partial charge in [0, 0.05) is 19.0 Å². The smallest absolute Gasteiger partial charge is 0.0754 e.